The van der Waals surface area contributed by atoms with Gasteiger partial charge in [-0.1, -0.05) is 6.08 Å². The first-order valence-electron chi connectivity index (χ1n) is 7.66. The number of carbonyl (C=O) groups excluding carboxylic acids is 1. The van der Waals surface area contributed by atoms with Gasteiger partial charge in [-0.3, -0.25) is 0 Å². The molecule has 1 N–H and O–H groups in total. The van der Waals surface area contributed by atoms with Crippen molar-refractivity contribution >= 4 is 6.09 Å². The van der Waals surface area contributed by atoms with Gasteiger partial charge in [0.15, 0.2) is 0 Å². The molecular formula is C16H30N2O2. The first-order valence-corrected chi connectivity index (χ1v) is 7.66. The van der Waals surface area contributed by atoms with Gasteiger partial charge in [-0.05, 0) is 53.4 Å². The topological polar surface area (TPSA) is 41.6 Å². The van der Waals surface area contributed by atoms with Crippen LogP contribution in [0.1, 0.15) is 53.4 Å². The molecule has 2 atom stereocenters. The van der Waals surface area contributed by atoms with Crippen LogP contribution in [0.25, 0.3) is 0 Å². The molecule has 1 saturated heterocycles. The molecule has 1 aliphatic heterocycles. The van der Waals surface area contributed by atoms with E-state index in [9.17, 15) is 4.79 Å². The van der Waals surface area contributed by atoms with E-state index in [1.165, 1.54) is 0 Å². The van der Waals surface area contributed by atoms with Gasteiger partial charge in [-0.2, -0.15) is 0 Å². The van der Waals surface area contributed by atoms with E-state index in [1.54, 1.807) is 0 Å². The first-order chi connectivity index (χ1) is 9.31. The molecule has 0 aromatic carbocycles. The van der Waals surface area contributed by atoms with E-state index in [2.05, 4.69) is 18.8 Å². The van der Waals surface area contributed by atoms with E-state index in [-0.39, 0.29) is 6.09 Å². The molecule has 116 valence electrons. The van der Waals surface area contributed by atoms with Gasteiger partial charge in [0.25, 0.3) is 0 Å². The van der Waals surface area contributed by atoms with Crippen LogP contribution in [0.4, 0.5) is 4.79 Å². The highest BCUT2D eigenvalue weighted by Gasteiger charge is 2.25. The largest absolute Gasteiger partial charge is 0.444 e. The lowest BCUT2D eigenvalue weighted by Crippen LogP contribution is -2.39. The Labute approximate surface area is 123 Å². The molecule has 0 radical (unpaired) electrons. The summed E-state index contributed by atoms with van der Waals surface area (Å²) in [6.45, 7) is 13.2. The molecule has 1 heterocycles. The fourth-order valence-electron chi connectivity index (χ4n) is 2.49. The lowest BCUT2D eigenvalue weighted by Gasteiger charge is -2.26. The first kappa shape index (κ1) is 17.0. The second-order valence-electron chi connectivity index (χ2n) is 6.69. The molecule has 0 unspecified atom stereocenters. The predicted octanol–water partition coefficient (Wildman–Crippen LogP) is 3.33. The number of amides is 1. The Balaban J connectivity index is 2.42. The van der Waals surface area contributed by atoms with E-state index < -0.39 is 5.60 Å². The van der Waals surface area contributed by atoms with E-state index in [4.69, 9.17) is 4.74 Å². The van der Waals surface area contributed by atoms with E-state index in [0.717, 1.165) is 38.8 Å². The summed E-state index contributed by atoms with van der Waals surface area (Å²) in [6.07, 6.45) is 5.87. The minimum Gasteiger partial charge on any atom is -0.444 e. The summed E-state index contributed by atoms with van der Waals surface area (Å²) >= 11 is 0. The van der Waals surface area contributed by atoms with Crippen LogP contribution in [0, 0.1) is 0 Å². The van der Waals surface area contributed by atoms with Gasteiger partial charge >= 0.3 is 6.09 Å². The van der Waals surface area contributed by atoms with E-state index in [1.807, 2.05) is 31.7 Å². The molecule has 1 aliphatic rings. The minimum absolute atomic E-state index is 0.183. The fraction of sp³-hybridized carbons (Fsp3) is 0.812. The van der Waals surface area contributed by atoms with Crippen molar-refractivity contribution < 1.29 is 9.53 Å². The highest BCUT2D eigenvalue weighted by Crippen LogP contribution is 2.16. The third-order valence-electron chi connectivity index (χ3n) is 3.42. The van der Waals surface area contributed by atoms with Crippen molar-refractivity contribution in [1.82, 2.24) is 10.2 Å². The van der Waals surface area contributed by atoms with Crippen LogP contribution in [-0.4, -0.2) is 41.8 Å². The zero-order valence-electron chi connectivity index (χ0n) is 13.4. The van der Waals surface area contributed by atoms with Crippen LogP contribution in [0.15, 0.2) is 12.7 Å². The van der Waals surface area contributed by atoms with E-state index in [0.29, 0.717) is 12.1 Å². The van der Waals surface area contributed by atoms with Crippen LogP contribution in [0.5, 0.6) is 0 Å². The van der Waals surface area contributed by atoms with Gasteiger partial charge in [0, 0.05) is 25.2 Å². The molecule has 20 heavy (non-hydrogen) atoms. The van der Waals surface area contributed by atoms with Gasteiger partial charge in [0.1, 0.15) is 5.60 Å². The zero-order chi connectivity index (χ0) is 15.2. The summed E-state index contributed by atoms with van der Waals surface area (Å²) < 4.78 is 5.44. The Bertz CT molecular complexity index is 323. The molecule has 1 fully saturated rings. The van der Waals surface area contributed by atoms with Crippen molar-refractivity contribution in [2.45, 2.75) is 71.1 Å². The number of hydrogen-bond acceptors (Lipinski definition) is 3. The zero-order valence-corrected chi connectivity index (χ0v) is 13.4. The molecule has 1 rings (SSSR count). The third-order valence-corrected chi connectivity index (χ3v) is 3.42. The van der Waals surface area contributed by atoms with Crippen molar-refractivity contribution in [2.24, 2.45) is 0 Å². The van der Waals surface area contributed by atoms with Crippen molar-refractivity contribution in [3.63, 3.8) is 0 Å². The van der Waals surface area contributed by atoms with Gasteiger partial charge in [0.05, 0.1) is 0 Å². The lowest BCUT2D eigenvalue weighted by molar-refractivity contribution is 0.0256. The SMILES string of the molecule is C=CC[C@H](C)N[C@@H]1CCCN(C(=O)OC(C)(C)C)CC1. The maximum absolute atomic E-state index is 12.1. The predicted molar refractivity (Wildman–Crippen MR) is 82.9 cm³/mol. The van der Waals surface area contributed by atoms with Crippen LogP contribution < -0.4 is 5.32 Å². The van der Waals surface area contributed by atoms with Crippen LogP contribution in [-0.2, 0) is 4.74 Å². The second kappa shape index (κ2) is 7.67. The average molecular weight is 282 g/mol. The molecule has 4 heteroatoms. The minimum atomic E-state index is -0.417. The Morgan fingerprint density at radius 3 is 2.75 bits per heavy atom. The van der Waals surface area contributed by atoms with Crippen LogP contribution >= 0.6 is 0 Å². The van der Waals surface area contributed by atoms with E-state index >= 15 is 0 Å². The molecule has 0 aliphatic carbocycles. The normalized spacial score (nSPS) is 22.0. The average Bonchev–Trinajstić information content (AvgIpc) is 2.52. The van der Waals surface area contributed by atoms with Crippen molar-refractivity contribution in [1.29, 1.82) is 0 Å². The molecule has 0 saturated carbocycles. The van der Waals surface area contributed by atoms with Crippen molar-refractivity contribution in [3.05, 3.63) is 12.7 Å². The molecule has 0 spiro atoms. The second-order valence-corrected chi connectivity index (χ2v) is 6.69. The smallest absolute Gasteiger partial charge is 0.410 e. The summed E-state index contributed by atoms with van der Waals surface area (Å²) in [6, 6.07) is 0.933. The Kier molecular flexibility index (Phi) is 6.53. The quantitative estimate of drug-likeness (QED) is 0.804. The maximum Gasteiger partial charge on any atom is 0.410 e. The van der Waals surface area contributed by atoms with Crippen LogP contribution in [0.3, 0.4) is 0 Å². The molecular weight excluding hydrogens is 252 g/mol. The highest BCUT2D eigenvalue weighted by atomic mass is 16.6. The number of carbonyl (C=O) groups is 1. The van der Waals surface area contributed by atoms with Crippen molar-refractivity contribution in [2.75, 3.05) is 13.1 Å². The van der Waals surface area contributed by atoms with Gasteiger partial charge < -0.3 is 15.0 Å². The molecule has 4 nitrogen and oxygen atoms in total. The van der Waals surface area contributed by atoms with Gasteiger partial charge in [-0.15, -0.1) is 6.58 Å². The van der Waals surface area contributed by atoms with Crippen molar-refractivity contribution in [3.8, 4) is 0 Å². The number of hydrogen-bond donors (Lipinski definition) is 1. The lowest BCUT2D eigenvalue weighted by atomic mass is 10.1. The Morgan fingerprint density at radius 2 is 2.15 bits per heavy atom. The molecule has 0 aromatic heterocycles. The standard InChI is InChI=1S/C16H30N2O2/c1-6-8-13(2)17-14-9-7-11-18(12-10-14)15(19)20-16(3,4)5/h6,13-14,17H,1,7-12H2,2-5H3/t13-,14+/m0/s1. The van der Waals surface area contributed by atoms with Gasteiger partial charge in [0.2, 0.25) is 0 Å². The Hall–Kier alpha value is -1.03. The molecule has 1 amide bonds. The highest BCUT2D eigenvalue weighted by molar-refractivity contribution is 5.68. The number of rotatable bonds is 4. The van der Waals surface area contributed by atoms with Crippen LogP contribution in [0.2, 0.25) is 0 Å². The molecule has 0 bridgehead atoms. The number of nitrogens with zero attached hydrogens (tertiary/aromatic N) is 1. The summed E-state index contributed by atoms with van der Waals surface area (Å²) in [7, 11) is 0. The summed E-state index contributed by atoms with van der Waals surface area (Å²) in [5.41, 5.74) is -0.417. The number of likely N-dealkylation sites (tertiary alicyclic amines) is 1. The molecule has 0 aromatic rings. The Morgan fingerprint density at radius 1 is 1.45 bits per heavy atom. The van der Waals surface area contributed by atoms with Gasteiger partial charge in [-0.25, -0.2) is 4.79 Å². The third kappa shape index (κ3) is 6.42. The summed E-state index contributed by atoms with van der Waals surface area (Å²) in [5, 5.41) is 3.62. The fourth-order valence-corrected chi connectivity index (χ4v) is 2.49. The maximum atomic E-state index is 12.1. The monoisotopic (exact) mass is 282 g/mol. The summed E-state index contributed by atoms with van der Waals surface area (Å²) in [4.78, 5) is 13.9. The number of ether oxygens (including phenoxy) is 1. The number of nitrogens with one attached hydrogen (secondary N) is 1. The summed E-state index contributed by atoms with van der Waals surface area (Å²) in [5.74, 6) is 0.